The van der Waals surface area contributed by atoms with E-state index in [0.717, 1.165) is 31.4 Å². The lowest BCUT2D eigenvalue weighted by molar-refractivity contribution is -0.137. The summed E-state index contributed by atoms with van der Waals surface area (Å²) in [6.45, 7) is 1.69. The van der Waals surface area contributed by atoms with Gasteiger partial charge in [0.05, 0.1) is 17.4 Å². The summed E-state index contributed by atoms with van der Waals surface area (Å²) in [4.78, 5) is 0. The first-order valence-corrected chi connectivity index (χ1v) is 9.64. The van der Waals surface area contributed by atoms with E-state index in [1.165, 1.54) is 16.4 Å². The van der Waals surface area contributed by atoms with Gasteiger partial charge in [-0.15, -0.1) is 0 Å². The van der Waals surface area contributed by atoms with Crippen molar-refractivity contribution in [3.05, 3.63) is 29.8 Å². The van der Waals surface area contributed by atoms with Crippen LogP contribution in [0.1, 0.15) is 31.7 Å². The van der Waals surface area contributed by atoms with Gasteiger partial charge in [0.25, 0.3) is 0 Å². The van der Waals surface area contributed by atoms with Gasteiger partial charge in [-0.1, -0.05) is 6.07 Å². The monoisotopic (exact) mass is 363 g/mol. The van der Waals surface area contributed by atoms with E-state index >= 15 is 0 Å². The van der Waals surface area contributed by atoms with Gasteiger partial charge in [-0.2, -0.15) is 17.5 Å². The minimum Gasteiger partial charge on any atom is -0.492 e. The Hall–Kier alpha value is -1.28. The Balaban J connectivity index is 1.74. The summed E-state index contributed by atoms with van der Waals surface area (Å²) in [5.41, 5.74) is -0.772. The fourth-order valence-electron chi connectivity index (χ4n) is 3.79. The number of hydrogen-bond acceptors (Lipinski definition) is 3. The maximum absolute atomic E-state index is 12.8. The Kier molecular flexibility index (Phi) is 4.55. The molecular formula is C16H20F3NO3S. The first-order valence-electron chi connectivity index (χ1n) is 8.03. The molecule has 2 fully saturated rings. The molecule has 0 radical (unpaired) electrons. The second kappa shape index (κ2) is 6.22. The summed E-state index contributed by atoms with van der Waals surface area (Å²) in [5.74, 6) is 0.361. The molecule has 1 aliphatic heterocycles. The molecule has 0 amide bonds. The molecule has 0 spiro atoms. The lowest BCUT2D eigenvalue weighted by Gasteiger charge is -2.33. The first kappa shape index (κ1) is 17.5. The summed E-state index contributed by atoms with van der Waals surface area (Å²) in [7, 11) is -3.34. The number of ether oxygens (including phenoxy) is 1. The smallest absolute Gasteiger partial charge is 0.416 e. The van der Waals surface area contributed by atoms with Gasteiger partial charge < -0.3 is 4.74 Å². The third kappa shape index (κ3) is 3.26. The Morgan fingerprint density at radius 2 is 2.04 bits per heavy atom. The van der Waals surface area contributed by atoms with E-state index in [-0.39, 0.29) is 36.1 Å². The molecule has 1 saturated heterocycles. The standard InChI is InChI=1S/C16H20F3NO3S/c1-2-24(21,22)20-13-7-6-11(8-13)15(20)10-23-14-5-3-4-12(9-14)16(17,18)19/h3-5,9,11,13,15H,2,6-8,10H2,1H3/t11?,13?,15-/m0/s1. The van der Waals surface area contributed by atoms with Crippen LogP contribution in [-0.2, 0) is 16.2 Å². The molecular weight excluding hydrogens is 343 g/mol. The van der Waals surface area contributed by atoms with E-state index in [4.69, 9.17) is 4.74 Å². The number of sulfonamides is 1. The van der Waals surface area contributed by atoms with E-state index < -0.39 is 21.8 Å². The van der Waals surface area contributed by atoms with Crippen molar-refractivity contribution >= 4 is 10.0 Å². The van der Waals surface area contributed by atoms with Crippen molar-refractivity contribution < 1.29 is 26.3 Å². The van der Waals surface area contributed by atoms with Crippen molar-refractivity contribution in [3.63, 3.8) is 0 Å². The number of rotatable bonds is 5. The number of alkyl halides is 3. The second-order valence-corrected chi connectivity index (χ2v) is 8.52. The molecule has 1 saturated carbocycles. The molecule has 2 aliphatic rings. The van der Waals surface area contributed by atoms with Crippen LogP contribution in [0.3, 0.4) is 0 Å². The van der Waals surface area contributed by atoms with Gasteiger partial charge in [-0.3, -0.25) is 0 Å². The molecule has 1 aromatic carbocycles. The summed E-state index contributed by atoms with van der Waals surface area (Å²) in [6, 6.07) is 4.41. The van der Waals surface area contributed by atoms with Crippen molar-refractivity contribution in [2.75, 3.05) is 12.4 Å². The Morgan fingerprint density at radius 3 is 2.71 bits per heavy atom. The average Bonchev–Trinajstić information content (AvgIpc) is 3.13. The molecule has 2 bridgehead atoms. The predicted octanol–water partition coefficient (Wildman–Crippen LogP) is 3.29. The molecule has 3 rings (SSSR count). The Labute approximate surface area is 139 Å². The minimum absolute atomic E-state index is 0.00931. The number of halogens is 3. The Bertz CT molecular complexity index is 705. The molecule has 8 heteroatoms. The van der Waals surface area contributed by atoms with Gasteiger partial charge in [0.2, 0.25) is 10.0 Å². The van der Waals surface area contributed by atoms with Gasteiger partial charge in [0.15, 0.2) is 0 Å². The number of benzene rings is 1. The molecule has 0 N–H and O–H groups in total. The van der Waals surface area contributed by atoms with Crippen LogP contribution in [0, 0.1) is 5.92 Å². The van der Waals surface area contributed by atoms with Gasteiger partial charge in [-0.05, 0) is 50.3 Å². The second-order valence-electron chi connectivity index (χ2n) is 6.36. The molecule has 2 unspecified atom stereocenters. The molecule has 1 aromatic rings. The third-order valence-corrected chi connectivity index (χ3v) is 6.89. The van der Waals surface area contributed by atoms with Crippen LogP contribution in [0.4, 0.5) is 13.2 Å². The van der Waals surface area contributed by atoms with Crippen LogP contribution in [0.15, 0.2) is 24.3 Å². The van der Waals surface area contributed by atoms with E-state index in [9.17, 15) is 21.6 Å². The SMILES string of the molecule is CCS(=O)(=O)N1C2CCC(C2)[C@@H]1COc1cccc(C(F)(F)F)c1. The summed E-state index contributed by atoms with van der Waals surface area (Å²) >= 11 is 0. The molecule has 3 atom stereocenters. The van der Waals surface area contributed by atoms with E-state index in [0.29, 0.717) is 0 Å². The van der Waals surface area contributed by atoms with E-state index in [1.807, 2.05) is 0 Å². The molecule has 0 aromatic heterocycles. The largest absolute Gasteiger partial charge is 0.492 e. The Morgan fingerprint density at radius 1 is 1.29 bits per heavy atom. The normalized spacial score (nSPS) is 27.6. The highest BCUT2D eigenvalue weighted by Crippen LogP contribution is 2.44. The highest BCUT2D eigenvalue weighted by molar-refractivity contribution is 7.89. The topological polar surface area (TPSA) is 46.6 Å². The summed E-state index contributed by atoms with van der Waals surface area (Å²) < 4.78 is 70.0. The lowest BCUT2D eigenvalue weighted by Crippen LogP contribution is -2.48. The fraction of sp³-hybridized carbons (Fsp3) is 0.625. The van der Waals surface area contributed by atoms with Crippen LogP contribution in [0.25, 0.3) is 0 Å². The van der Waals surface area contributed by atoms with Gasteiger partial charge in [0, 0.05) is 6.04 Å². The molecule has 134 valence electrons. The van der Waals surface area contributed by atoms with Crippen molar-refractivity contribution in [1.29, 1.82) is 0 Å². The molecule has 4 nitrogen and oxygen atoms in total. The highest BCUT2D eigenvalue weighted by atomic mass is 32.2. The number of nitrogens with zero attached hydrogens (tertiary/aromatic N) is 1. The molecule has 24 heavy (non-hydrogen) atoms. The summed E-state index contributed by atoms with van der Waals surface area (Å²) in [5, 5.41) is 0. The van der Waals surface area contributed by atoms with Gasteiger partial charge in [-0.25, -0.2) is 8.42 Å². The first-order chi connectivity index (χ1) is 11.2. The fourth-order valence-corrected chi connectivity index (χ4v) is 5.38. The molecule has 1 aliphatic carbocycles. The van der Waals surface area contributed by atoms with Crippen molar-refractivity contribution in [3.8, 4) is 5.75 Å². The summed E-state index contributed by atoms with van der Waals surface area (Å²) in [6.07, 6.45) is -1.82. The van der Waals surface area contributed by atoms with Gasteiger partial charge in [0.1, 0.15) is 12.4 Å². The van der Waals surface area contributed by atoms with Crippen molar-refractivity contribution in [2.45, 2.75) is 44.4 Å². The molecule has 1 heterocycles. The van der Waals surface area contributed by atoms with Crippen LogP contribution >= 0.6 is 0 Å². The zero-order valence-electron chi connectivity index (χ0n) is 13.3. The number of piperidine rings is 1. The zero-order valence-corrected chi connectivity index (χ0v) is 14.1. The maximum atomic E-state index is 12.8. The van der Waals surface area contributed by atoms with Crippen LogP contribution < -0.4 is 4.74 Å². The predicted molar refractivity (Wildman–Crippen MR) is 83.2 cm³/mol. The lowest BCUT2D eigenvalue weighted by atomic mass is 10.0. The van der Waals surface area contributed by atoms with Crippen molar-refractivity contribution in [2.24, 2.45) is 5.92 Å². The van der Waals surface area contributed by atoms with Crippen LogP contribution in [-0.4, -0.2) is 37.2 Å². The third-order valence-electron chi connectivity index (χ3n) is 4.94. The number of fused-ring (bicyclic) bond motifs is 2. The quantitative estimate of drug-likeness (QED) is 0.807. The van der Waals surface area contributed by atoms with Crippen molar-refractivity contribution in [1.82, 2.24) is 4.31 Å². The minimum atomic E-state index is -4.43. The van der Waals surface area contributed by atoms with E-state index in [2.05, 4.69) is 0 Å². The van der Waals surface area contributed by atoms with Gasteiger partial charge >= 0.3 is 6.18 Å². The van der Waals surface area contributed by atoms with Crippen LogP contribution in [0.5, 0.6) is 5.75 Å². The zero-order chi connectivity index (χ0) is 17.5. The average molecular weight is 363 g/mol. The van der Waals surface area contributed by atoms with Crippen LogP contribution in [0.2, 0.25) is 0 Å². The maximum Gasteiger partial charge on any atom is 0.416 e. The highest BCUT2D eigenvalue weighted by Gasteiger charge is 2.50. The van der Waals surface area contributed by atoms with E-state index in [1.54, 1.807) is 6.92 Å². The number of hydrogen-bond donors (Lipinski definition) is 0.